The first-order valence-electron chi connectivity index (χ1n) is 12.3. The largest absolute Gasteiger partial charge is 0.508 e. The van der Waals surface area contributed by atoms with Crippen molar-refractivity contribution < 1.29 is 19.1 Å². The fourth-order valence-electron chi connectivity index (χ4n) is 5.38. The van der Waals surface area contributed by atoms with Crippen molar-refractivity contribution in [3.05, 3.63) is 69.1 Å². The fourth-order valence-corrected chi connectivity index (χ4v) is 5.38. The molecule has 3 aromatic rings. The number of aryl methyl sites for hydroxylation is 2. The molecule has 2 N–H and O–H groups in total. The zero-order valence-corrected chi connectivity index (χ0v) is 19.6. The average Bonchev–Trinajstić information content (AvgIpc) is 2.83. The molecule has 0 atom stereocenters. The average molecular weight is 462 g/mol. The van der Waals surface area contributed by atoms with Crippen LogP contribution in [0.3, 0.4) is 0 Å². The van der Waals surface area contributed by atoms with Crippen LogP contribution >= 0.6 is 0 Å². The van der Waals surface area contributed by atoms with Crippen LogP contribution in [0.15, 0.2) is 45.6 Å². The number of amides is 1. The molecule has 178 valence electrons. The minimum Gasteiger partial charge on any atom is -0.508 e. The normalized spacial score (nSPS) is 16.7. The van der Waals surface area contributed by atoms with Crippen LogP contribution < -0.4 is 15.7 Å². The van der Waals surface area contributed by atoms with E-state index in [0.717, 1.165) is 53.5 Å². The zero-order chi connectivity index (χ0) is 23.7. The van der Waals surface area contributed by atoms with E-state index in [-0.39, 0.29) is 23.7 Å². The molecule has 6 nitrogen and oxygen atoms in total. The smallest absolute Gasteiger partial charge is 0.340 e. The summed E-state index contributed by atoms with van der Waals surface area (Å²) in [6, 6.07) is 10.8. The molecular weight excluding hydrogens is 430 g/mol. The Morgan fingerprint density at radius 1 is 1.09 bits per heavy atom. The highest BCUT2D eigenvalue weighted by Crippen LogP contribution is 2.43. The van der Waals surface area contributed by atoms with Crippen LogP contribution in [0.25, 0.3) is 11.0 Å². The van der Waals surface area contributed by atoms with Crippen molar-refractivity contribution in [2.75, 3.05) is 6.54 Å². The van der Waals surface area contributed by atoms with Gasteiger partial charge in [0.2, 0.25) is 5.91 Å². The molecule has 0 saturated heterocycles. The first-order valence-corrected chi connectivity index (χ1v) is 12.3. The third-order valence-corrected chi connectivity index (χ3v) is 7.42. The zero-order valence-electron chi connectivity index (χ0n) is 19.6. The van der Waals surface area contributed by atoms with Gasteiger partial charge in [-0.05, 0) is 86.8 Å². The van der Waals surface area contributed by atoms with Crippen LogP contribution in [0.4, 0.5) is 0 Å². The summed E-state index contributed by atoms with van der Waals surface area (Å²) in [5, 5.41) is 13.1. The summed E-state index contributed by atoms with van der Waals surface area (Å²) in [6.45, 7) is 2.34. The van der Waals surface area contributed by atoms with Crippen molar-refractivity contribution in [1.29, 1.82) is 0 Å². The van der Waals surface area contributed by atoms with E-state index in [0.29, 0.717) is 24.1 Å². The van der Waals surface area contributed by atoms with E-state index in [2.05, 4.69) is 11.4 Å². The van der Waals surface area contributed by atoms with Gasteiger partial charge in [0, 0.05) is 18.0 Å². The summed E-state index contributed by atoms with van der Waals surface area (Å²) in [5.74, 6) is 0.838. The number of nitrogens with one attached hydrogen (secondary N) is 1. The Kier molecular flexibility index (Phi) is 6.07. The third kappa shape index (κ3) is 4.54. The summed E-state index contributed by atoms with van der Waals surface area (Å²) in [4.78, 5) is 25.3. The second-order valence-corrected chi connectivity index (χ2v) is 9.74. The number of hydrogen-bond acceptors (Lipinski definition) is 5. The lowest BCUT2D eigenvalue weighted by atomic mass is 9.79. The third-order valence-electron chi connectivity index (χ3n) is 7.42. The molecule has 0 radical (unpaired) electrons. The second kappa shape index (κ2) is 9.16. The molecule has 2 aliphatic rings. The Morgan fingerprint density at radius 2 is 1.85 bits per heavy atom. The Hall–Kier alpha value is -3.28. The molecule has 34 heavy (non-hydrogen) atoms. The molecule has 6 heteroatoms. The molecule has 5 rings (SSSR count). The number of ether oxygens (including phenoxy) is 1. The van der Waals surface area contributed by atoms with Crippen molar-refractivity contribution >= 4 is 16.9 Å². The summed E-state index contributed by atoms with van der Waals surface area (Å²) in [7, 11) is 0. The van der Waals surface area contributed by atoms with E-state index in [9.17, 15) is 14.7 Å². The van der Waals surface area contributed by atoms with Gasteiger partial charge in [0.15, 0.2) is 0 Å². The van der Waals surface area contributed by atoms with Crippen LogP contribution in [-0.2, 0) is 24.1 Å². The monoisotopic (exact) mass is 461 g/mol. The molecule has 0 unspecified atom stereocenters. The number of carbonyl (C=O) groups is 1. The van der Waals surface area contributed by atoms with E-state index in [1.165, 1.54) is 19.3 Å². The van der Waals surface area contributed by atoms with Gasteiger partial charge in [-0.1, -0.05) is 18.6 Å². The molecule has 1 aromatic heterocycles. The Balaban J connectivity index is 1.31. The number of hydrogen-bond donors (Lipinski definition) is 2. The second-order valence-electron chi connectivity index (χ2n) is 9.74. The van der Waals surface area contributed by atoms with E-state index < -0.39 is 5.63 Å². The van der Waals surface area contributed by atoms with Crippen molar-refractivity contribution in [1.82, 2.24) is 5.32 Å². The fraction of sp³-hybridized carbons (Fsp3) is 0.429. The highest BCUT2D eigenvalue weighted by Gasteiger charge is 2.37. The number of rotatable bonds is 5. The lowest BCUT2D eigenvalue weighted by Crippen LogP contribution is -2.41. The van der Waals surface area contributed by atoms with Crippen LogP contribution in [0.1, 0.15) is 60.8 Å². The quantitative estimate of drug-likeness (QED) is 0.536. The van der Waals surface area contributed by atoms with Gasteiger partial charge in [-0.25, -0.2) is 4.79 Å². The van der Waals surface area contributed by atoms with E-state index in [1.807, 2.05) is 25.1 Å². The molecule has 1 amide bonds. The van der Waals surface area contributed by atoms with Gasteiger partial charge in [-0.2, -0.15) is 0 Å². The van der Waals surface area contributed by atoms with Crippen molar-refractivity contribution in [2.24, 2.45) is 0 Å². The van der Waals surface area contributed by atoms with Gasteiger partial charge in [0.25, 0.3) is 0 Å². The molecule has 1 aliphatic carbocycles. The number of phenolic OH excluding ortho intramolecular Hbond substituents is 1. The molecule has 1 saturated carbocycles. The summed E-state index contributed by atoms with van der Waals surface area (Å²) in [6.07, 6.45) is 8.48. The number of phenols is 1. The maximum absolute atomic E-state index is 12.8. The van der Waals surface area contributed by atoms with Gasteiger partial charge in [-0.3, -0.25) is 4.79 Å². The predicted octanol–water partition coefficient (Wildman–Crippen LogP) is 4.74. The van der Waals surface area contributed by atoms with Gasteiger partial charge in [0.1, 0.15) is 22.7 Å². The van der Waals surface area contributed by atoms with Gasteiger partial charge in [-0.15, -0.1) is 0 Å². The van der Waals surface area contributed by atoms with Crippen molar-refractivity contribution in [3.63, 3.8) is 0 Å². The number of fused-ring (bicyclic) bond motifs is 2. The van der Waals surface area contributed by atoms with Gasteiger partial charge < -0.3 is 19.6 Å². The standard InChI is InChI=1S/C28H31NO5/c1-18-22-15-20-9-13-28(11-3-2-4-12-28)34-24(20)17-25(22)33-27(32)23(18)16-26(31)29-14-10-19-5-7-21(30)8-6-19/h5-8,15,17,30H,2-4,9-14,16H2,1H3,(H,29,31). The van der Waals surface area contributed by atoms with E-state index >= 15 is 0 Å². The maximum Gasteiger partial charge on any atom is 0.340 e. The number of benzene rings is 2. The van der Waals surface area contributed by atoms with E-state index in [1.54, 1.807) is 12.1 Å². The topological polar surface area (TPSA) is 88.8 Å². The maximum atomic E-state index is 12.8. The highest BCUT2D eigenvalue weighted by molar-refractivity contribution is 5.86. The first-order chi connectivity index (χ1) is 16.4. The van der Waals surface area contributed by atoms with Gasteiger partial charge >= 0.3 is 5.63 Å². The molecular formula is C28H31NO5. The SMILES string of the molecule is Cc1c(CC(=O)NCCc2ccc(O)cc2)c(=O)oc2cc3c(cc12)CCC1(CCCCC1)O3. The minimum absolute atomic E-state index is 0.0175. The molecule has 1 aliphatic heterocycles. The molecule has 1 fully saturated rings. The minimum atomic E-state index is -0.471. The lowest BCUT2D eigenvalue weighted by Gasteiger charge is -2.41. The Labute approximate surface area is 198 Å². The van der Waals surface area contributed by atoms with Crippen molar-refractivity contribution in [3.8, 4) is 11.5 Å². The van der Waals surface area contributed by atoms with Gasteiger partial charge in [0.05, 0.1) is 12.0 Å². The highest BCUT2D eigenvalue weighted by atomic mass is 16.5. The molecule has 2 heterocycles. The molecule has 2 aromatic carbocycles. The summed E-state index contributed by atoms with van der Waals surface area (Å²) in [5.41, 5.74) is 3.33. The molecule has 1 spiro atoms. The van der Waals surface area contributed by atoms with Crippen LogP contribution in [0.5, 0.6) is 11.5 Å². The number of carbonyl (C=O) groups excluding carboxylic acids is 1. The Bertz CT molecular complexity index is 1270. The summed E-state index contributed by atoms with van der Waals surface area (Å²) >= 11 is 0. The first kappa shape index (κ1) is 22.5. The van der Waals surface area contributed by atoms with Crippen LogP contribution in [-0.4, -0.2) is 23.2 Å². The van der Waals surface area contributed by atoms with Crippen LogP contribution in [0, 0.1) is 6.92 Å². The number of aromatic hydroxyl groups is 1. The Morgan fingerprint density at radius 3 is 2.62 bits per heavy atom. The van der Waals surface area contributed by atoms with E-state index in [4.69, 9.17) is 9.15 Å². The predicted molar refractivity (Wildman–Crippen MR) is 131 cm³/mol. The van der Waals surface area contributed by atoms with Crippen molar-refractivity contribution in [2.45, 2.75) is 70.3 Å². The molecule has 0 bridgehead atoms. The van der Waals surface area contributed by atoms with Crippen LogP contribution in [0.2, 0.25) is 0 Å². The lowest BCUT2D eigenvalue weighted by molar-refractivity contribution is -0.120. The summed E-state index contributed by atoms with van der Waals surface area (Å²) < 4.78 is 12.2.